The zero-order valence-electron chi connectivity index (χ0n) is 14.2. The van der Waals surface area contributed by atoms with Crippen molar-refractivity contribution in [1.82, 2.24) is 0 Å². The van der Waals surface area contributed by atoms with Crippen molar-refractivity contribution < 1.29 is 23.9 Å². The van der Waals surface area contributed by atoms with Crippen LogP contribution in [0.4, 0.5) is 5.69 Å². The van der Waals surface area contributed by atoms with Crippen LogP contribution in [-0.4, -0.2) is 30.9 Å². The third kappa shape index (κ3) is 6.47. The van der Waals surface area contributed by atoms with Crippen LogP contribution in [-0.2, 0) is 14.3 Å². The lowest BCUT2D eigenvalue weighted by atomic mass is 10.1. The third-order valence-corrected chi connectivity index (χ3v) is 4.00. The number of ether oxygens (including phenoxy) is 2. The van der Waals surface area contributed by atoms with Crippen molar-refractivity contribution in [2.45, 2.75) is 13.3 Å². The molecular weight excluding hydrogens is 449 g/mol. The largest absolute Gasteiger partial charge is 0.482 e. The minimum atomic E-state index is -0.656. The number of hydrogen-bond donors (Lipinski definition) is 1. The molecule has 0 unspecified atom stereocenters. The lowest BCUT2D eigenvalue weighted by Gasteiger charge is -2.08. The molecule has 0 atom stereocenters. The molecule has 0 bridgehead atoms. The fourth-order valence-corrected chi connectivity index (χ4v) is 2.58. The maximum Gasteiger partial charge on any atom is 0.344 e. The van der Waals surface area contributed by atoms with E-state index in [1.54, 1.807) is 43.3 Å². The second-order valence-corrected chi connectivity index (χ2v) is 6.55. The van der Waals surface area contributed by atoms with Crippen LogP contribution < -0.4 is 10.1 Å². The topological polar surface area (TPSA) is 81.7 Å². The van der Waals surface area contributed by atoms with E-state index in [1.807, 2.05) is 12.1 Å². The molecule has 0 aliphatic carbocycles. The van der Waals surface area contributed by atoms with Crippen molar-refractivity contribution in [3.8, 4) is 5.75 Å². The van der Waals surface area contributed by atoms with Crippen molar-refractivity contribution in [3.63, 3.8) is 0 Å². The van der Waals surface area contributed by atoms with Gasteiger partial charge in [0.05, 0.1) is 0 Å². The van der Waals surface area contributed by atoms with Gasteiger partial charge in [-0.1, -0.05) is 13.0 Å². The lowest BCUT2D eigenvalue weighted by Crippen LogP contribution is -2.23. The van der Waals surface area contributed by atoms with Gasteiger partial charge in [-0.2, -0.15) is 0 Å². The number of rotatable bonds is 8. The molecule has 6 nitrogen and oxygen atoms in total. The lowest BCUT2D eigenvalue weighted by molar-refractivity contribution is -0.149. The Kier molecular flexibility index (Phi) is 7.58. The van der Waals surface area contributed by atoms with E-state index in [-0.39, 0.29) is 12.4 Å². The molecule has 2 aromatic rings. The van der Waals surface area contributed by atoms with E-state index >= 15 is 0 Å². The first-order valence-electron chi connectivity index (χ1n) is 7.95. The molecule has 7 heteroatoms. The molecule has 0 radical (unpaired) electrons. The summed E-state index contributed by atoms with van der Waals surface area (Å²) in [5, 5.41) is 2.64. The highest BCUT2D eigenvalue weighted by molar-refractivity contribution is 14.1. The molecule has 26 heavy (non-hydrogen) atoms. The van der Waals surface area contributed by atoms with Crippen molar-refractivity contribution in [2.75, 3.05) is 18.5 Å². The Balaban J connectivity index is 1.73. The van der Waals surface area contributed by atoms with Crippen molar-refractivity contribution in [2.24, 2.45) is 0 Å². The predicted octanol–water partition coefficient (Wildman–Crippen LogP) is 3.44. The predicted molar refractivity (Wildman–Crippen MR) is 105 cm³/mol. The summed E-state index contributed by atoms with van der Waals surface area (Å²) in [6, 6.07) is 13.8. The minimum absolute atomic E-state index is 0.0371. The summed E-state index contributed by atoms with van der Waals surface area (Å²) < 4.78 is 11.1. The van der Waals surface area contributed by atoms with Crippen LogP contribution in [0.1, 0.15) is 23.7 Å². The third-order valence-electron chi connectivity index (χ3n) is 3.33. The van der Waals surface area contributed by atoms with Gasteiger partial charge in [-0.15, -0.1) is 0 Å². The molecule has 0 spiro atoms. The Labute approximate surface area is 165 Å². The SMILES string of the molecule is CCC(=O)c1ccc(OCC(=O)OCC(=O)Nc2cccc(I)c2)cc1. The molecule has 2 aromatic carbocycles. The van der Waals surface area contributed by atoms with E-state index in [1.165, 1.54) is 0 Å². The number of amides is 1. The average Bonchev–Trinajstić information content (AvgIpc) is 2.64. The average molecular weight is 467 g/mol. The van der Waals surface area contributed by atoms with Gasteiger partial charge in [-0.25, -0.2) is 4.79 Å². The van der Waals surface area contributed by atoms with Crippen LogP contribution >= 0.6 is 22.6 Å². The number of Topliss-reactive ketones (excluding diaryl/α,β-unsaturated/α-hetero) is 1. The van der Waals surface area contributed by atoms with Crippen LogP contribution in [0.3, 0.4) is 0 Å². The fourth-order valence-electron chi connectivity index (χ4n) is 2.03. The Morgan fingerprint density at radius 2 is 1.77 bits per heavy atom. The fraction of sp³-hybridized carbons (Fsp3) is 0.211. The van der Waals surface area contributed by atoms with Gasteiger partial charge in [0.2, 0.25) is 0 Å². The van der Waals surface area contributed by atoms with E-state index in [0.717, 1.165) is 3.57 Å². The number of carbonyl (C=O) groups excluding carboxylic acids is 3. The quantitative estimate of drug-likeness (QED) is 0.366. The van der Waals surface area contributed by atoms with Crippen LogP contribution in [0.5, 0.6) is 5.75 Å². The zero-order valence-corrected chi connectivity index (χ0v) is 16.3. The summed E-state index contributed by atoms with van der Waals surface area (Å²) in [5.41, 5.74) is 1.23. The van der Waals surface area contributed by atoms with Gasteiger partial charge in [0.1, 0.15) is 5.75 Å². The molecule has 0 fully saturated rings. The van der Waals surface area contributed by atoms with Crippen LogP contribution in [0.2, 0.25) is 0 Å². The smallest absolute Gasteiger partial charge is 0.344 e. The summed E-state index contributed by atoms with van der Waals surface area (Å²) in [5.74, 6) is -0.604. The number of esters is 1. The number of anilines is 1. The molecule has 0 aliphatic heterocycles. The zero-order chi connectivity index (χ0) is 18.9. The van der Waals surface area contributed by atoms with Gasteiger partial charge in [0.25, 0.3) is 5.91 Å². The monoisotopic (exact) mass is 467 g/mol. The highest BCUT2D eigenvalue weighted by Gasteiger charge is 2.09. The minimum Gasteiger partial charge on any atom is -0.482 e. The standard InChI is InChI=1S/C19H18INO5/c1-2-17(22)13-6-8-16(9-7-13)25-12-19(24)26-11-18(23)21-15-5-3-4-14(20)10-15/h3-10H,2,11-12H2,1H3,(H,21,23). The number of nitrogens with one attached hydrogen (secondary N) is 1. The molecule has 0 aromatic heterocycles. The molecule has 136 valence electrons. The van der Waals surface area contributed by atoms with E-state index in [0.29, 0.717) is 23.4 Å². The van der Waals surface area contributed by atoms with E-state index in [9.17, 15) is 14.4 Å². The first-order chi connectivity index (χ1) is 12.5. The number of carbonyl (C=O) groups is 3. The van der Waals surface area contributed by atoms with Gasteiger partial charge in [-0.05, 0) is 65.1 Å². The summed E-state index contributed by atoms with van der Waals surface area (Å²) >= 11 is 2.14. The van der Waals surface area contributed by atoms with Crippen LogP contribution in [0.15, 0.2) is 48.5 Å². The van der Waals surface area contributed by atoms with E-state index in [4.69, 9.17) is 9.47 Å². The number of ketones is 1. The highest BCUT2D eigenvalue weighted by atomic mass is 127. The van der Waals surface area contributed by atoms with Crippen LogP contribution in [0.25, 0.3) is 0 Å². The Bertz CT molecular complexity index is 789. The maximum absolute atomic E-state index is 11.8. The molecular formula is C19H18INO5. The molecule has 0 saturated carbocycles. The van der Waals surface area contributed by atoms with Crippen molar-refractivity contribution in [3.05, 3.63) is 57.7 Å². The second-order valence-electron chi connectivity index (χ2n) is 5.31. The van der Waals surface area contributed by atoms with Gasteiger partial charge in [0.15, 0.2) is 19.0 Å². The van der Waals surface area contributed by atoms with Gasteiger partial charge in [-0.3, -0.25) is 9.59 Å². The highest BCUT2D eigenvalue weighted by Crippen LogP contribution is 2.14. The van der Waals surface area contributed by atoms with Crippen molar-refractivity contribution in [1.29, 1.82) is 0 Å². The summed E-state index contributed by atoms with van der Waals surface area (Å²) in [7, 11) is 0. The maximum atomic E-state index is 11.8. The normalized spacial score (nSPS) is 10.1. The summed E-state index contributed by atoms with van der Waals surface area (Å²) in [6.07, 6.45) is 0.427. The molecule has 1 amide bonds. The molecule has 0 aliphatic rings. The second kappa shape index (κ2) is 9.91. The Morgan fingerprint density at radius 1 is 1.04 bits per heavy atom. The summed E-state index contributed by atoms with van der Waals surface area (Å²) in [4.78, 5) is 35.0. The number of halogens is 1. The summed E-state index contributed by atoms with van der Waals surface area (Å²) in [6.45, 7) is 1.08. The van der Waals surface area contributed by atoms with E-state index in [2.05, 4.69) is 27.9 Å². The first kappa shape index (κ1) is 19.9. The molecule has 1 N–H and O–H groups in total. The molecule has 2 rings (SSSR count). The van der Waals surface area contributed by atoms with Gasteiger partial charge < -0.3 is 14.8 Å². The molecule has 0 saturated heterocycles. The number of benzene rings is 2. The Morgan fingerprint density at radius 3 is 2.42 bits per heavy atom. The van der Waals surface area contributed by atoms with Gasteiger partial charge >= 0.3 is 5.97 Å². The first-order valence-corrected chi connectivity index (χ1v) is 9.03. The number of hydrogen-bond acceptors (Lipinski definition) is 5. The molecule has 0 heterocycles. The van der Waals surface area contributed by atoms with E-state index < -0.39 is 18.5 Å². The Hall–Kier alpha value is -2.42. The van der Waals surface area contributed by atoms with Crippen LogP contribution in [0, 0.1) is 3.57 Å². The van der Waals surface area contributed by atoms with Crippen molar-refractivity contribution >= 4 is 45.9 Å². The van der Waals surface area contributed by atoms with Gasteiger partial charge in [0, 0.05) is 21.2 Å².